The van der Waals surface area contributed by atoms with Crippen LogP contribution < -0.4 is 5.32 Å². The first-order chi connectivity index (χ1) is 13.1. The van der Waals surface area contributed by atoms with E-state index in [1.165, 1.54) is 18.4 Å². The van der Waals surface area contributed by atoms with Crippen LogP contribution in [0.3, 0.4) is 0 Å². The third-order valence-electron chi connectivity index (χ3n) is 6.21. The van der Waals surface area contributed by atoms with E-state index < -0.39 is 0 Å². The first kappa shape index (κ1) is 22.7. The zero-order chi connectivity index (χ0) is 19.2. The Kier molecular flexibility index (Phi) is 8.77. The predicted molar refractivity (Wildman–Crippen MR) is 115 cm³/mol. The minimum atomic E-state index is 0. The van der Waals surface area contributed by atoms with Gasteiger partial charge in [-0.15, -0.1) is 12.4 Å². The molecule has 2 aliphatic heterocycles. The van der Waals surface area contributed by atoms with E-state index in [0.29, 0.717) is 44.4 Å². The fourth-order valence-electron chi connectivity index (χ4n) is 4.21. The van der Waals surface area contributed by atoms with Gasteiger partial charge in [0.2, 0.25) is 5.91 Å². The second-order valence-corrected chi connectivity index (χ2v) is 7.99. The average Bonchev–Trinajstić information content (AvgIpc) is 2.74. The van der Waals surface area contributed by atoms with Gasteiger partial charge in [0.25, 0.3) is 5.91 Å². The molecule has 2 aliphatic rings. The molecule has 5 nitrogen and oxygen atoms in total. The molecule has 0 bridgehead atoms. The number of aryl methyl sites for hydroxylation is 1. The van der Waals surface area contributed by atoms with E-state index >= 15 is 0 Å². The molecule has 1 aromatic rings. The van der Waals surface area contributed by atoms with Gasteiger partial charge >= 0.3 is 0 Å². The molecule has 2 amide bonds. The summed E-state index contributed by atoms with van der Waals surface area (Å²) in [5.74, 6) is 1.42. The third-order valence-corrected chi connectivity index (χ3v) is 6.21. The first-order valence-corrected chi connectivity index (χ1v) is 10.4. The van der Waals surface area contributed by atoms with Gasteiger partial charge in [-0.2, -0.15) is 0 Å². The van der Waals surface area contributed by atoms with E-state index in [0.717, 1.165) is 25.1 Å². The molecule has 1 atom stereocenters. The van der Waals surface area contributed by atoms with E-state index in [1.54, 1.807) is 0 Å². The van der Waals surface area contributed by atoms with Crippen molar-refractivity contribution in [1.82, 2.24) is 15.1 Å². The molecule has 1 unspecified atom stereocenters. The van der Waals surface area contributed by atoms with Crippen LogP contribution in [0.4, 0.5) is 0 Å². The van der Waals surface area contributed by atoms with Crippen molar-refractivity contribution in [1.29, 1.82) is 0 Å². The molecular formula is C22H34ClN3O2. The predicted octanol–water partition coefficient (Wildman–Crippen LogP) is 2.98. The lowest BCUT2D eigenvalue weighted by atomic mass is 9.84. The Balaban J connectivity index is 0.00000280. The molecule has 0 spiro atoms. The Hall–Kier alpha value is -1.59. The fourth-order valence-corrected chi connectivity index (χ4v) is 4.21. The van der Waals surface area contributed by atoms with Crippen LogP contribution in [0, 0.1) is 11.8 Å². The number of amides is 2. The lowest BCUT2D eigenvalue weighted by molar-refractivity contribution is -0.134. The molecule has 28 heavy (non-hydrogen) atoms. The normalized spacial score (nSPS) is 19.1. The second-order valence-electron chi connectivity index (χ2n) is 7.99. The highest BCUT2D eigenvalue weighted by atomic mass is 35.5. The quantitative estimate of drug-likeness (QED) is 0.816. The standard InChI is InChI=1S/C22H33N3O2.ClH/c1-3-18-4-6-20(7-5-18)22(27)25-14-12-24(13-15-25)21(26)16-17(2)19-8-10-23-11-9-19;/h4-7,17,19,23H,3,8-16H2,1-2H3;1H. The monoisotopic (exact) mass is 407 g/mol. The summed E-state index contributed by atoms with van der Waals surface area (Å²) in [6.07, 6.45) is 3.96. The molecule has 3 rings (SSSR count). The Bertz CT molecular complexity index is 636. The molecule has 2 fully saturated rings. The van der Waals surface area contributed by atoms with E-state index in [9.17, 15) is 9.59 Å². The van der Waals surface area contributed by atoms with Crippen LogP contribution in [0.2, 0.25) is 0 Å². The Morgan fingerprint density at radius 2 is 1.61 bits per heavy atom. The second kappa shape index (κ2) is 10.8. The smallest absolute Gasteiger partial charge is 0.253 e. The molecule has 0 aromatic heterocycles. The van der Waals surface area contributed by atoms with Crippen molar-refractivity contribution in [3.8, 4) is 0 Å². The SMILES string of the molecule is CCc1ccc(C(=O)N2CCN(C(=O)CC(C)C3CCNCC3)CC2)cc1.Cl. The van der Waals surface area contributed by atoms with Crippen LogP contribution in [0.1, 0.15) is 49.0 Å². The minimum Gasteiger partial charge on any atom is -0.339 e. The van der Waals surface area contributed by atoms with E-state index in [-0.39, 0.29) is 24.2 Å². The average molecular weight is 408 g/mol. The third kappa shape index (κ3) is 5.71. The Morgan fingerprint density at radius 1 is 1.04 bits per heavy atom. The number of carbonyl (C=O) groups is 2. The summed E-state index contributed by atoms with van der Waals surface area (Å²) >= 11 is 0. The first-order valence-electron chi connectivity index (χ1n) is 10.4. The summed E-state index contributed by atoms with van der Waals surface area (Å²) in [7, 11) is 0. The maximum atomic E-state index is 12.7. The van der Waals surface area contributed by atoms with Gasteiger partial charge in [0.05, 0.1) is 0 Å². The van der Waals surface area contributed by atoms with Crippen LogP contribution >= 0.6 is 12.4 Å². The van der Waals surface area contributed by atoms with Gasteiger partial charge in [-0.3, -0.25) is 9.59 Å². The maximum Gasteiger partial charge on any atom is 0.253 e. The number of nitrogens with one attached hydrogen (secondary N) is 1. The van der Waals surface area contributed by atoms with Crippen molar-refractivity contribution in [2.24, 2.45) is 11.8 Å². The number of piperidine rings is 1. The van der Waals surface area contributed by atoms with Crippen LogP contribution in [-0.4, -0.2) is 60.9 Å². The molecular weight excluding hydrogens is 374 g/mol. The Morgan fingerprint density at radius 3 is 2.18 bits per heavy atom. The molecule has 2 heterocycles. The summed E-state index contributed by atoms with van der Waals surface area (Å²) < 4.78 is 0. The van der Waals surface area contributed by atoms with Crippen molar-refractivity contribution in [3.63, 3.8) is 0 Å². The van der Waals surface area contributed by atoms with Crippen LogP contribution in [-0.2, 0) is 11.2 Å². The lowest BCUT2D eigenvalue weighted by Crippen LogP contribution is -2.51. The molecule has 0 aliphatic carbocycles. The Labute approximate surface area is 175 Å². The highest BCUT2D eigenvalue weighted by Gasteiger charge is 2.28. The number of piperazine rings is 1. The summed E-state index contributed by atoms with van der Waals surface area (Å²) in [5, 5.41) is 3.39. The van der Waals surface area contributed by atoms with Gasteiger partial charge in [-0.25, -0.2) is 0 Å². The summed E-state index contributed by atoms with van der Waals surface area (Å²) in [6.45, 7) is 9.02. The van der Waals surface area contributed by atoms with Gasteiger partial charge < -0.3 is 15.1 Å². The minimum absolute atomic E-state index is 0. The molecule has 156 valence electrons. The highest BCUT2D eigenvalue weighted by Crippen LogP contribution is 2.25. The van der Waals surface area contributed by atoms with Gasteiger partial charge in [-0.05, 0) is 61.9 Å². The summed E-state index contributed by atoms with van der Waals surface area (Å²) in [5.41, 5.74) is 1.98. The number of rotatable bonds is 5. The maximum absolute atomic E-state index is 12.7. The summed E-state index contributed by atoms with van der Waals surface area (Å²) in [6, 6.07) is 7.88. The number of carbonyl (C=O) groups excluding carboxylic acids is 2. The highest BCUT2D eigenvalue weighted by molar-refractivity contribution is 5.94. The van der Waals surface area contributed by atoms with E-state index in [1.807, 2.05) is 34.1 Å². The number of halogens is 1. The van der Waals surface area contributed by atoms with E-state index in [2.05, 4.69) is 19.2 Å². The van der Waals surface area contributed by atoms with Gasteiger partial charge in [0.1, 0.15) is 0 Å². The van der Waals surface area contributed by atoms with Crippen LogP contribution in [0.25, 0.3) is 0 Å². The lowest BCUT2D eigenvalue weighted by Gasteiger charge is -2.36. The van der Waals surface area contributed by atoms with Gasteiger partial charge in [0, 0.05) is 38.2 Å². The molecule has 1 N–H and O–H groups in total. The number of hydrogen-bond donors (Lipinski definition) is 1. The topological polar surface area (TPSA) is 52.7 Å². The van der Waals surface area contributed by atoms with Crippen molar-refractivity contribution in [2.45, 2.75) is 39.5 Å². The van der Waals surface area contributed by atoms with Crippen LogP contribution in [0.5, 0.6) is 0 Å². The largest absolute Gasteiger partial charge is 0.339 e. The molecule has 6 heteroatoms. The zero-order valence-corrected chi connectivity index (χ0v) is 18.0. The van der Waals surface area contributed by atoms with Crippen molar-refractivity contribution in [3.05, 3.63) is 35.4 Å². The molecule has 1 aromatic carbocycles. The van der Waals surface area contributed by atoms with Gasteiger partial charge in [0.15, 0.2) is 0 Å². The van der Waals surface area contributed by atoms with Crippen LogP contribution in [0.15, 0.2) is 24.3 Å². The van der Waals surface area contributed by atoms with Crippen molar-refractivity contribution < 1.29 is 9.59 Å². The molecule has 2 saturated heterocycles. The van der Waals surface area contributed by atoms with Crippen molar-refractivity contribution in [2.75, 3.05) is 39.3 Å². The number of hydrogen-bond acceptors (Lipinski definition) is 3. The fraction of sp³-hybridized carbons (Fsp3) is 0.636. The van der Waals surface area contributed by atoms with Gasteiger partial charge in [-0.1, -0.05) is 26.0 Å². The number of nitrogens with zero attached hydrogens (tertiary/aromatic N) is 2. The van der Waals surface area contributed by atoms with E-state index in [4.69, 9.17) is 0 Å². The molecule has 0 radical (unpaired) electrons. The van der Waals surface area contributed by atoms with Crippen molar-refractivity contribution >= 4 is 24.2 Å². The summed E-state index contributed by atoms with van der Waals surface area (Å²) in [4.78, 5) is 29.2. The number of benzene rings is 1. The molecule has 0 saturated carbocycles. The zero-order valence-electron chi connectivity index (χ0n) is 17.2.